The van der Waals surface area contributed by atoms with Crippen LogP contribution in [0.2, 0.25) is 0 Å². The summed E-state index contributed by atoms with van der Waals surface area (Å²) >= 11 is 0. The Hall–Kier alpha value is -3.02. The Morgan fingerprint density at radius 3 is 2.39 bits per heavy atom. The van der Waals surface area contributed by atoms with Crippen molar-refractivity contribution >= 4 is 27.6 Å². The molecule has 0 spiro atoms. The van der Waals surface area contributed by atoms with Gasteiger partial charge in [-0.2, -0.15) is 4.31 Å². The lowest BCUT2D eigenvalue weighted by atomic mass is 10.1. The molecule has 0 amide bonds. The highest BCUT2D eigenvalue weighted by Gasteiger charge is 2.30. The summed E-state index contributed by atoms with van der Waals surface area (Å²) in [5, 5.41) is 0. The molecule has 178 valence electrons. The van der Waals surface area contributed by atoms with E-state index in [2.05, 4.69) is 4.98 Å². The van der Waals surface area contributed by atoms with E-state index in [0.29, 0.717) is 16.8 Å². The number of aromatic amines is 1. The molecule has 0 aliphatic carbocycles. The number of hydrogen-bond acceptors (Lipinski definition) is 8. The van der Waals surface area contributed by atoms with E-state index in [-0.39, 0.29) is 54.0 Å². The van der Waals surface area contributed by atoms with Crippen molar-refractivity contribution in [3.63, 3.8) is 0 Å². The number of nitrogens with zero attached hydrogens (tertiary/aromatic N) is 1. The predicted octanol–water partition coefficient (Wildman–Crippen LogP) is 1.90. The first-order valence-electron chi connectivity index (χ1n) is 10.2. The maximum atomic E-state index is 13.1. The summed E-state index contributed by atoms with van der Waals surface area (Å²) in [5.41, 5.74) is 1.63. The zero-order chi connectivity index (χ0) is 24.3. The zero-order valence-corrected chi connectivity index (χ0v) is 19.7. The predicted molar refractivity (Wildman–Crippen MR) is 117 cm³/mol. The van der Waals surface area contributed by atoms with Gasteiger partial charge in [-0.1, -0.05) is 0 Å². The summed E-state index contributed by atoms with van der Waals surface area (Å²) in [6.45, 7) is 5.07. The summed E-state index contributed by atoms with van der Waals surface area (Å²) in [5.74, 6) is -1.46. The Morgan fingerprint density at radius 1 is 1.15 bits per heavy atom. The minimum Gasteiger partial charge on any atom is -0.495 e. The highest BCUT2D eigenvalue weighted by atomic mass is 32.2. The third-order valence-electron chi connectivity index (χ3n) is 5.39. The van der Waals surface area contributed by atoms with E-state index >= 15 is 0 Å². The van der Waals surface area contributed by atoms with Gasteiger partial charge in [0.25, 0.3) is 0 Å². The molecule has 10 nitrogen and oxygen atoms in total. The number of esters is 1. The number of sulfonamides is 1. The quantitative estimate of drug-likeness (QED) is 0.449. The smallest absolute Gasteiger partial charge is 0.338 e. The zero-order valence-electron chi connectivity index (χ0n) is 18.9. The number of ether oxygens (including phenoxy) is 3. The van der Waals surface area contributed by atoms with Crippen molar-refractivity contribution in [2.24, 2.45) is 0 Å². The highest BCUT2D eigenvalue weighted by molar-refractivity contribution is 7.89. The fourth-order valence-electron chi connectivity index (χ4n) is 3.77. The van der Waals surface area contributed by atoms with Gasteiger partial charge in [0.15, 0.2) is 12.4 Å². The fraction of sp³-hybridized carbons (Fsp3) is 0.409. The van der Waals surface area contributed by atoms with Gasteiger partial charge in [0.1, 0.15) is 10.6 Å². The van der Waals surface area contributed by atoms with Crippen LogP contribution in [0.4, 0.5) is 0 Å². The largest absolute Gasteiger partial charge is 0.495 e. The van der Waals surface area contributed by atoms with Gasteiger partial charge in [-0.05, 0) is 44.5 Å². The first-order chi connectivity index (χ1) is 15.6. The highest BCUT2D eigenvalue weighted by Crippen LogP contribution is 2.29. The van der Waals surface area contributed by atoms with E-state index in [1.54, 1.807) is 13.8 Å². The molecular formula is C22H26N2O8S. The van der Waals surface area contributed by atoms with Crippen LogP contribution >= 0.6 is 0 Å². The van der Waals surface area contributed by atoms with Gasteiger partial charge in [0.05, 0.1) is 31.6 Å². The second-order valence-electron chi connectivity index (χ2n) is 7.56. The van der Waals surface area contributed by atoms with Gasteiger partial charge in [-0.15, -0.1) is 0 Å². The standard InChI is InChI=1S/C22H26N2O8S/c1-13-20(15(3)25)14(2)23-21(13)17(26)12-32-22(27)16-5-6-18(30-4)19(11-16)33(28,29)24-7-9-31-10-8-24/h5-6,11,23H,7-10,12H2,1-4H3. The number of ketones is 2. The number of carbonyl (C=O) groups excluding carboxylic acids is 3. The Morgan fingerprint density at radius 2 is 1.82 bits per heavy atom. The Labute approximate surface area is 191 Å². The van der Waals surface area contributed by atoms with Crippen molar-refractivity contribution in [3.05, 3.63) is 46.3 Å². The maximum absolute atomic E-state index is 13.1. The molecule has 1 N–H and O–H groups in total. The minimum absolute atomic E-state index is 0.0424. The van der Waals surface area contributed by atoms with Gasteiger partial charge in [-0.25, -0.2) is 13.2 Å². The van der Waals surface area contributed by atoms with E-state index in [0.717, 1.165) is 0 Å². The van der Waals surface area contributed by atoms with Crippen LogP contribution in [0.15, 0.2) is 23.1 Å². The number of methoxy groups -OCH3 is 1. The Kier molecular flexibility index (Phi) is 7.35. The van der Waals surface area contributed by atoms with Crippen molar-refractivity contribution < 1.29 is 37.0 Å². The summed E-state index contributed by atoms with van der Waals surface area (Å²) in [4.78, 5) is 39.6. The number of aromatic nitrogens is 1. The normalized spacial score (nSPS) is 14.7. The monoisotopic (exact) mass is 478 g/mol. The average Bonchev–Trinajstić information content (AvgIpc) is 3.11. The summed E-state index contributed by atoms with van der Waals surface area (Å²) < 4.78 is 42.9. The van der Waals surface area contributed by atoms with Gasteiger partial charge in [0.2, 0.25) is 15.8 Å². The molecule has 0 bridgehead atoms. The molecule has 0 saturated carbocycles. The van der Waals surface area contributed by atoms with Crippen molar-refractivity contribution in [3.8, 4) is 5.75 Å². The molecule has 2 heterocycles. The number of morpholine rings is 1. The molecule has 0 atom stereocenters. The first kappa shape index (κ1) is 24.6. The molecule has 1 aliphatic rings. The second-order valence-corrected chi connectivity index (χ2v) is 9.47. The van der Waals surface area contributed by atoms with E-state index in [1.165, 1.54) is 36.5 Å². The van der Waals surface area contributed by atoms with Crippen molar-refractivity contribution in [2.75, 3.05) is 40.0 Å². The van der Waals surface area contributed by atoms with Crippen LogP contribution in [0.1, 0.15) is 49.4 Å². The van der Waals surface area contributed by atoms with E-state index in [1.807, 2.05) is 0 Å². The Balaban J connectivity index is 1.79. The molecule has 0 radical (unpaired) electrons. The molecule has 33 heavy (non-hydrogen) atoms. The lowest BCUT2D eigenvalue weighted by Gasteiger charge is -2.26. The number of H-pyrrole nitrogens is 1. The van der Waals surface area contributed by atoms with Gasteiger partial charge < -0.3 is 19.2 Å². The van der Waals surface area contributed by atoms with Crippen molar-refractivity contribution in [1.82, 2.24) is 9.29 Å². The number of aryl methyl sites for hydroxylation is 1. The summed E-state index contributed by atoms with van der Waals surface area (Å²) in [6, 6.07) is 3.90. The average molecular weight is 479 g/mol. The molecule has 1 fully saturated rings. The number of hydrogen-bond donors (Lipinski definition) is 1. The van der Waals surface area contributed by atoms with Gasteiger partial charge >= 0.3 is 5.97 Å². The van der Waals surface area contributed by atoms with Crippen LogP contribution in [-0.2, 0) is 19.5 Å². The number of Topliss-reactive ketones (excluding diaryl/α,β-unsaturated/α-hetero) is 2. The van der Waals surface area contributed by atoms with E-state index in [9.17, 15) is 22.8 Å². The first-order valence-corrected chi connectivity index (χ1v) is 11.7. The molecule has 3 rings (SSSR count). The van der Waals surface area contributed by atoms with Crippen LogP contribution in [0.5, 0.6) is 5.75 Å². The molecule has 1 aromatic heterocycles. The SMILES string of the molecule is COc1ccc(C(=O)OCC(=O)c2[nH]c(C)c(C(C)=O)c2C)cc1S(=O)(=O)N1CCOCC1. The minimum atomic E-state index is -3.93. The molecule has 2 aromatic rings. The maximum Gasteiger partial charge on any atom is 0.338 e. The summed E-state index contributed by atoms with van der Waals surface area (Å²) in [6.07, 6.45) is 0. The lowest BCUT2D eigenvalue weighted by molar-refractivity contribution is 0.0473. The molecule has 1 aromatic carbocycles. The fourth-order valence-corrected chi connectivity index (χ4v) is 5.36. The topological polar surface area (TPSA) is 132 Å². The van der Waals surface area contributed by atoms with E-state index in [4.69, 9.17) is 14.2 Å². The van der Waals surface area contributed by atoms with Crippen LogP contribution in [-0.4, -0.2) is 75.3 Å². The number of rotatable bonds is 8. The number of carbonyl (C=O) groups is 3. The number of benzene rings is 1. The van der Waals surface area contributed by atoms with Gasteiger partial charge in [-0.3, -0.25) is 9.59 Å². The Bertz CT molecular complexity index is 1190. The third-order valence-corrected chi connectivity index (χ3v) is 7.31. The third kappa shape index (κ3) is 5.00. The second kappa shape index (κ2) is 9.86. The molecular weight excluding hydrogens is 452 g/mol. The number of nitrogens with one attached hydrogen (secondary N) is 1. The van der Waals surface area contributed by atoms with E-state index < -0.39 is 28.4 Å². The van der Waals surface area contributed by atoms with Crippen LogP contribution in [0.3, 0.4) is 0 Å². The van der Waals surface area contributed by atoms with Crippen LogP contribution in [0.25, 0.3) is 0 Å². The molecule has 1 aliphatic heterocycles. The lowest BCUT2D eigenvalue weighted by Crippen LogP contribution is -2.40. The van der Waals surface area contributed by atoms with Crippen LogP contribution < -0.4 is 4.74 Å². The van der Waals surface area contributed by atoms with Crippen molar-refractivity contribution in [1.29, 1.82) is 0 Å². The molecule has 0 unspecified atom stereocenters. The molecule has 1 saturated heterocycles. The van der Waals surface area contributed by atoms with Crippen LogP contribution in [0, 0.1) is 13.8 Å². The van der Waals surface area contributed by atoms with Gasteiger partial charge in [0, 0.05) is 24.3 Å². The summed E-state index contributed by atoms with van der Waals surface area (Å²) in [7, 11) is -2.60. The van der Waals surface area contributed by atoms with Crippen molar-refractivity contribution in [2.45, 2.75) is 25.7 Å². The molecule has 11 heteroatoms.